The third-order valence-corrected chi connectivity index (χ3v) is 5.68. The quantitative estimate of drug-likeness (QED) is 0.902. The van der Waals surface area contributed by atoms with E-state index in [2.05, 4.69) is 5.32 Å². The first-order chi connectivity index (χ1) is 10.6. The zero-order chi connectivity index (χ0) is 15.2. The first-order valence-corrected chi connectivity index (χ1v) is 8.32. The Hall–Kier alpha value is -1.55. The standard InChI is InChI=1S/C18H23NO3/c20-17(19-11-12-4-2-1-3-5-12)22-16-14-6-13-7-15(16)10-18(21,8-13)9-14/h1-5,13-16,21H,6-11H2,(H,19,20)/t13?,14-,15+,16?,18?. The molecule has 4 heteroatoms. The summed E-state index contributed by atoms with van der Waals surface area (Å²) in [6.07, 6.45) is 4.44. The molecule has 4 bridgehead atoms. The Morgan fingerprint density at radius 2 is 1.86 bits per heavy atom. The van der Waals surface area contributed by atoms with E-state index in [1.54, 1.807) is 0 Å². The molecule has 2 N–H and O–H groups in total. The minimum atomic E-state index is -0.475. The molecule has 118 valence electrons. The molecular formula is C18H23NO3. The number of alkyl carbamates (subject to hydrolysis) is 1. The number of hydrogen-bond acceptors (Lipinski definition) is 3. The second-order valence-electron chi connectivity index (χ2n) is 7.40. The highest BCUT2D eigenvalue weighted by atomic mass is 16.6. The number of amides is 1. The van der Waals surface area contributed by atoms with E-state index in [9.17, 15) is 9.90 Å². The normalized spacial score (nSPS) is 38.8. The van der Waals surface area contributed by atoms with E-state index < -0.39 is 5.60 Å². The fourth-order valence-corrected chi connectivity index (χ4v) is 5.06. The number of rotatable bonds is 3. The monoisotopic (exact) mass is 301 g/mol. The average Bonchev–Trinajstić information content (AvgIpc) is 2.48. The zero-order valence-corrected chi connectivity index (χ0v) is 12.7. The van der Waals surface area contributed by atoms with Crippen molar-refractivity contribution in [3.63, 3.8) is 0 Å². The Morgan fingerprint density at radius 3 is 2.50 bits per heavy atom. The van der Waals surface area contributed by atoms with Crippen LogP contribution in [0.4, 0.5) is 4.79 Å². The predicted octanol–water partition coefficient (Wildman–Crippen LogP) is 2.85. The lowest BCUT2D eigenvalue weighted by Gasteiger charge is -2.57. The molecule has 0 heterocycles. The largest absolute Gasteiger partial charge is 0.446 e. The van der Waals surface area contributed by atoms with E-state index in [0.29, 0.717) is 24.3 Å². The van der Waals surface area contributed by atoms with Gasteiger partial charge < -0.3 is 15.2 Å². The van der Waals surface area contributed by atoms with Crippen LogP contribution in [0.25, 0.3) is 0 Å². The lowest BCUT2D eigenvalue weighted by atomic mass is 9.53. The van der Waals surface area contributed by atoms with E-state index in [1.807, 2.05) is 30.3 Å². The molecule has 22 heavy (non-hydrogen) atoms. The lowest BCUT2D eigenvalue weighted by molar-refractivity contribution is -0.175. The second-order valence-corrected chi connectivity index (χ2v) is 7.40. The van der Waals surface area contributed by atoms with Crippen molar-refractivity contribution in [3.05, 3.63) is 35.9 Å². The molecule has 0 aliphatic heterocycles. The van der Waals surface area contributed by atoms with E-state index in [0.717, 1.165) is 37.7 Å². The van der Waals surface area contributed by atoms with E-state index in [-0.39, 0.29) is 12.2 Å². The summed E-state index contributed by atoms with van der Waals surface area (Å²) in [6, 6.07) is 9.85. The number of carbonyl (C=O) groups is 1. The highest BCUT2D eigenvalue weighted by molar-refractivity contribution is 5.67. The van der Waals surface area contributed by atoms with Gasteiger partial charge in [0.2, 0.25) is 0 Å². The summed E-state index contributed by atoms with van der Waals surface area (Å²) in [5.74, 6) is 1.33. The van der Waals surface area contributed by atoms with Gasteiger partial charge in [-0.2, -0.15) is 0 Å². The predicted molar refractivity (Wildman–Crippen MR) is 82.1 cm³/mol. The molecule has 5 rings (SSSR count). The molecule has 4 aliphatic carbocycles. The second kappa shape index (κ2) is 5.27. The highest BCUT2D eigenvalue weighted by Gasteiger charge is 2.56. The number of ether oxygens (including phenoxy) is 1. The third kappa shape index (κ3) is 2.60. The molecule has 4 nitrogen and oxygen atoms in total. The van der Waals surface area contributed by atoms with Crippen molar-refractivity contribution in [1.29, 1.82) is 0 Å². The van der Waals surface area contributed by atoms with Crippen LogP contribution in [0, 0.1) is 17.8 Å². The smallest absolute Gasteiger partial charge is 0.407 e. The van der Waals surface area contributed by atoms with E-state index in [1.165, 1.54) is 0 Å². The summed E-state index contributed by atoms with van der Waals surface area (Å²) in [4.78, 5) is 12.1. The van der Waals surface area contributed by atoms with Gasteiger partial charge in [-0.15, -0.1) is 0 Å². The zero-order valence-electron chi connectivity index (χ0n) is 12.7. The van der Waals surface area contributed by atoms with Crippen molar-refractivity contribution >= 4 is 6.09 Å². The molecule has 1 amide bonds. The van der Waals surface area contributed by atoms with Gasteiger partial charge in [0, 0.05) is 6.54 Å². The van der Waals surface area contributed by atoms with Crippen molar-refractivity contribution < 1.29 is 14.6 Å². The topological polar surface area (TPSA) is 58.6 Å². The van der Waals surface area contributed by atoms with Gasteiger partial charge in [0.25, 0.3) is 0 Å². The Bertz CT molecular complexity index is 543. The molecule has 1 aromatic rings. The number of nitrogens with one attached hydrogen (secondary N) is 1. The summed E-state index contributed by atoms with van der Waals surface area (Å²) in [5.41, 5.74) is 0.593. The Balaban J connectivity index is 1.35. The minimum Gasteiger partial charge on any atom is -0.446 e. The Labute approximate surface area is 130 Å². The SMILES string of the molecule is O=C(NCc1ccccc1)OC1[C@@H]2CC3C[C@H]1CC(O)(C3)C2. The third-order valence-electron chi connectivity index (χ3n) is 5.68. The fraction of sp³-hybridized carbons (Fsp3) is 0.611. The average molecular weight is 301 g/mol. The molecule has 5 atom stereocenters. The molecule has 3 unspecified atom stereocenters. The van der Waals surface area contributed by atoms with Gasteiger partial charge in [0.15, 0.2) is 0 Å². The lowest BCUT2D eigenvalue weighted by Crippen LogP contribution is -2.58. The Morgan fingerprint density at radius 1 is 1.18 bits per heavy atom. The summed E-state index contributed by atoms with van der Waals surface area (Å²) in [6.45, 7) is 0.494. The van der Waals surface area contributed by atoms with Gasteiger partial charge in [-0.25, -0.2) is 4.79 Å². The first-order valence-electron chi connectivity index (χ1n) is 8.32. The van der Waals surface area contributed by atoms with Crippen molar-refractivity contribution in [3.8, 4) is 0 Å². The molecule has 0 saturated heterocycles. The van der Waals surface area contributed by atoms with Gasteiger partial charge in [-0.05, 0) is 55.4 Å². The van der Waals surface area contributed by atoms with Crippen molar-refractivity contribution in [2.75, 3.05) is 0 Å². The summed E-state index contributed by atoms with van der Waals surface area (Å²) >= 11 is 0. The van der Waals surface area contributed by atoms with Crippen LogP contribution in [0.5, 0.6) is 0 Å². The molecule has 0 radical (unpaired) electrons. The van der Waals surface area contributed by atoms with Crippen LogP contribution in [-0.4, -0.2) is 22.9 Å². The maximum absolute atomic E-state index is 12.1. The van der Waals surface area contributed by atoms with Crippen LogP contribution in [-0.2, 0) is 11.3 Å². The summed E-state index contributed by atoms with van der Waals surface area (Å²) < 4.78 is 5.73. The van der Waals surface area contributed by atoms with Crippen LogP contribution in [0.1, 0.15) is 37.7 Å². The van der Waals surface area contributed by atoms with Crippen LogP contribution < -0.4 is 5.32 Å². The van der Waals surface area contributed by atoms with Gasteiger partial charge in [0.05, 0.1) is 5.60 Å². The van der Waals surface area contributed by atoms with Gasteiger partial charge in [-0.1, -0.05) is 30.3 Å². The number of benzene rings is 1. The van der Waals surface area contributed by atoms with Crippen LogP contribution in [0.15, 0.2) is 30.3 Å². The van der Waals surface area contributed by atoms with Gasteiger partial charge in [-0.3, -0.25) is 0 Å². The fourth-order valence-electron chi connectivity index (χ4n) is 5.06. The summed E-state index contributed by atoms with van der Waals surface area (Å²) in [7, 11) is 0. The molecule has 1 aromatic carbocycles. The van der Waals surface area contributed by atoms with Gasteiger partial charge >= 0.3 is 6.09 Å². The van der Waals surface area contributed by atoms with E-state index in [4.69, 9.17) is 4.74 Å². The summed E-state index contributed by atoms with van der Waals surface area (Å²) in [5, 5.41) is 13.4. The maximum atomic E-state index is 12.1. The van der Waals surface area contributed by atoms with E-state index >= 15 is 0 Å². The molecule has 4 aliphatic rings. The van der Waals surface area contributed by atoms with Crippen molar-refractivity contribution in [1.82, 2.24) is 5.32 Å². The van der Waals surface area contributed by atoms with Crippen molar-refractivity contribution in [2.24, 2.45) is 17.8 Å². The van der Waals surface area contributed by atoms with Crippen LogP contribution in [0.2, 0.25) is 0 Å². The Kier molecular flexibility index (Phi) is 3.37. The minimum absolute atomic E-state index is 0.00685. The molecule has 0 aromatic heterocycles. The maximum Gasteiger partial charge on any atom is 0.407 e. The molecule has 4 fully saturated rings. The molecule has 4 saturated carbocycles. The van der Waals surface area contributed by atoms with Crippen molar-refractivity contribution in [2.45, 2.75) is 50.4 Å². The number of aliphatic hydroxyl groups is 1. The number of carbonyl (C=O) groups excluding carboxylic acids is 1. The molecule has 0 spiro atoms. The molecular weight excluding hydrogens is 278 g/mol. The highest BCUT2D eigenvalue weighted by Crippen LogP contribution is 2.56. The van der Waals surface area contributed by atoms with Crippen LogP contribution >= 0.6 is 0 Å². The first kappa shape index (κ1) is 14.1. The van der Waals surface area contributed by atoms with Gasteiger partial charge in [0.1, 0.15) is 6.10 Å². The number of hydrogen-bond donors (Lipinski definition) is 2. The van der Waals surface area contributed by atoms with Crippen LogP contribution in [0.3, 0.4) is 0 Å².